The third kappa shape index (κ3) is 3.89. The molecule has 3 unspecified atom stereocenters. The summed E-state index contributed by atoms with van der Waals surface area (Å²) in [4.78, 5) is 12.1. The van der Waals surface area contributed by atoms with Crippen molar-refractivity contribution in [1.82, 2.24) is 5.32 Å². The van der Waals surface area contributed by atoms with E-state index < -0.39 is 6.10 Å². The minimum Gasteiger partial charge on any atom is -0.497 e. The fourth-order valence-corrected chi connectivity index (χ4v) is 2.57. The number of nitrogens with one attached hydrogen (secondary N) is 1. The average Bonchev–Trinajstić information content (AvgIpc) is 2.85. The molecular formula is C16H23NO3. The number of carbonyl (C=O) groups excluding carboxylic acids is 1. The molecule has 1 fully saturated rings. The predicted molar refractivity (Wildman–Crippen MR) is 78.0 cm³/mol. The van der Waals surface area contributed by atoms with Gasteiger partial charge in [-0.05, 0) is 56.4 Å². The molecule has 3 atom stereocenters. The second kappa shape index (κ2) is 6.64. The van der Waals surface area contributed by atoms with Crippen molar-refractivity contribution in [3.63, 3.8) is 0 Å². The molecular weight excluding hydrogens is 254 g/mol. The fourth-order valence-electron chi connectivity index (χ4n) is 2.57. The van der Waals surface area contributed by atoms with Crippen molar-refractivity contribution in [3.05, 3.63) is 24.3 Å². The number of rotatable bonds is 5. The van der Waals surface area contributed by atoms with Gasteiger partial charge in [-0.2, -0.15) is 0 Å². The normalized spacial score (nSPS) is 23.1. The van der Waals surface area contributed by atoms with Crippen LogP contribution >= 0.6 is 0 Å². The first-order valence-corrected chi connectivity index (χ1v) is 7.19. The van der Waals surface area contributed by atoms with E-state index in [2.05, 4.69) is 12.2 Å². The molecule has 0 radical (unpaired) electrons. The molecule has 4 nitrogen and oxygen atoms in total. The Kier molecular flexibility index (Phi) is 4.88. The Bertz CT molecular complexity index is 444. The molecule has 1 aromatic rings. The van der Waals surface area contributed by atoms with Crippen molar-refractivity contribution in [2.75, 3.05) is 7.11 Å². The summed E-state index contributed by atoms with van der Waals surface area (Å²) in [6.45, 7) is 4.00. The van der Waals surface area contributed by atoms with Gasteiger partial charge < -0.3 is 14.8 Å². The van der Waals surface area contributed by atoms with Gasteiger partial charge in [0.05, 0.1) is 7.11 Å². The van der Waals surface area contributed by atoms with E-state index in [-0.39, 0.29) is 5.91 Å². The molecule has 1 aliphatic rings. The van der Waals surface area contributed by atoms with E-state index in [1.54, 1.807) is 26.2 Å². The molecule has 0 spiro atoms. The smallest absolute Gasteiger partial charge is 0.260 e. The van der Waals surface area contributed by atoms with Crippen LogP contribution in [0, 0.1) is 5.92 Å². The number of amides is 1. The van der Waals surface area contributed by atoms with Gasteiger partial charge in [0.2, 0.25) is 0 Å². The van der Waals surface area contributed by atoms with Crippen molar-refractivity contribution in [1.29, 1.82) is 0 Å². The Balaban J connectivity index is 1.83. The van der Waals surface area contributed by atoms with Crippen molar-refractivity contribution >= 4 is 5.91 Å². The lowest BCUT2D eigenvalue weighted by molar-refractivity contribution is -0.127. The van der Waals surface area contributed by atoms with Gasteiger partial charge >= 0.3 is 0 Å². The number of benzene rings is 1. The molecule has 1 amide bonds. The van der Waals surface area contributed by atoms with Gasteiger partial charge in [-0.15, -0.1) is 0 Å². The first kappa shape index (κ1) is 14.7. The minimum absolute atomic E-state index is 0.0417. The highest BCUT2D eigenvalue weighted by molar-refractivity contribution is 5.81. The fraction of sp³-hybridized carbons (Fsp3) is 0.562. The summed E-state index contributed by atoms with van der Waals surface area (Å²) < 4.78 is 10.7. The molecule has 0 bridgehead atoms. The molecule has 2 rings (SSSR count). The Morgan fingerprint density at radius 3 is 2.45 bits per heavy atom. The van der Waals surface area contributed by atoms with E-state index in [9.17, 15) is 4.79 Å². The molecule has 1 aliphatic carbocycles. The summed E-state index contributed by atoms with van der Waals surface area (Å²) in [5, 5.41) is 3.06. The van der Waals surface area contributed by atoms with Gasteiger partial charge in [-0.25, -0.2) is 0 Å². The Morgan fingerprint density at radius 1 is 1.25 bits per heavy atom. The van der Waals surface area contributed by atoms with Crippen LogP contribution in [0.15, 0.2) is 24.3 Å². The van der Waals surface area contributed by atoms with Crippen LogP contribution in [0.3, 0.4) is 0 Å². The SMILES string of the molecule is COc1ccc(OC(C)C(=O)NC2CCC(C)C2)cc1. The predicted octanol–water partition coefficient (Wildman–Crippen LogP) is 2.77. The zero-order valence-corrected chi connectivity index (χ0v) is 12.4. The minimum atomic E-state index is -0.487. The van der Waals surface area contributed by atoms with Crippen LogP contribution in [-0.2, 0) is 4.79 Å². The molecule has 0 heterocycles. The lowest BCUT2D eigenvalue weighted by Gasteiger charge is -2.18. The van der Waals surface area contributed by atoms with Crippen LogP contribution in [-0.4, -0.2) is 25.2 Å². The van der Waals surface area contributed by atoms with Gasteiger partial charge in [0.15, 0.2) is 6.10 Å². The van der Waals surface area contributed by atoms with Crippen molar-refractivity contribution in [2.24, 2.45) is 5.92 Å². The highest BCUT2D eigenvalue weighted by Crippen LogP contribution is 2.25. The van der Waals surface area contributed by atoms with Crippen LogP contribution in [0.2, 0.25) is 0 Å². The van der Waals surface area contributed by atoms with Gasteiger partial charge in [-0.1, -0.05) is 6.92 Å². The lowest BCUT2D eigenvalue weighted by atomic mass is 10.1. The zero-order chi connectivity index (χ0) is 14.5. The van der Waals surface area contributed by atoms with E-state index in [1.807, 2.05) is 12.1 Å². The largest absolute Gasteiger partial charge is 0.497 e. The maximum Gasteiger partial charge on any atom is 0.260 e. The molecule has 0 saturated heterocycles. The van der Waals surface area contributed by atoms with E-state index in [0.717, 1.165) is 18.6 Å². The van der Waals surface area contributed by atoms with Crippen LogP contribution in [0.25, 0.3) is 0 Å². The van der Waals surface area contributed by atoms with E-state index in [1.165, 1.54) is 6.42 Å². The number of methoxy groups -OCH3 is 1. The summed E-state index contributed by atoms with van der Waals surface area (Å²) in [6, 6.07) is 7.55. The summed E-state index contributed by atoms with van der Waals surface area (Å²) in [7, 11) is 1.62. The third-order valence-corrected chi connectivity index (χ3v) is 3.78. The first-order valence-electron chi connectivity index (χ1n) is 7.19. The molecule has 1 saturated carbocycles. The summed E-state index contributed by atoms with van der Waals surface area (Å²) in [6.07, 6.45) is 2.85. The molecule has 4 heteroatoms. The standard InChI is InChI=1S/C16H23NO3/c1-11-4-5-13(10-11)17-16(18)12(2)20-15-8-6-14(19-3)7-9-15/h6-9,11-13H,4-5,10H2,1-3H3,(H,17,18). The van der Waals surface area contributed by atoms with Crippen LogP contribution in [0.1, 0.15) is 33.1 Å². The summed E-state index contributed by atoms with van der Waals surface area (Å²) >= 11 is 0. The van der Waals surface area contributed by atoms with E-state index in [4.69, 9.17) is 9.47 Å². The van der Waals surface area contributed by atoms with Gasteiger partial charge in [0.25, 0.3) is 5.91 Å². The average molecular weight is 277 g/mol. The lowest BCUT2D eigenvalue weighted by Crippen LogP contribution is -2.41. The van der Waals surface area contributed by atoms with Gasteiger partial charge in [0, 0.05) is 6.04 Å². The quantitative estimate of drug-likeness (QED) is 0.900. The van der Waals surface area contributed by atoms with Crippen LogP contribution in [0.5, 0.6) is 11.5 Å². The highest BCUT2D eigenvalue weighted by Gasteiger charge is 2.25. The van der Waals surface area contributed by atoms with Crippen molar-refractivity contribution in [2.45, 2.75) is 45.3 Å². The number of hydrogen-bond donors (Lipinski definition) is 1. The Hall–Kier alpha value is -1.71. The topological polar surface area (TPSA) is 47.6 Å². The van der Waals surface area contributed by atoms with Gasteiger partial charge in [-0.3, -0.25) is 4.79 Å². The second-order valence-corrected chi connectivity index (χ2v) is 5.56. The first-order chi connectivity index (χ1) is 9.58. The molecule has 0 aromatic heterocycles. The van der Waals surface area contributed by atoms with Crippen LogP contribution < -0.4 is 14.8 Å². The maximum atomic E-state index is 12.1. The van der Waals surface area contributed by atoms with E-state index in [0.29, 0.717) is 17.7 Å². The Morgan fingerprint density at radius 2 is 1.90 bits per heavy atom. The van der Waals surface area contributed by atoms with Crippen LogP contribution in [0.4, 0.5) is 0 Å². The number of hydrogen-bond acceptors (Lipinski definition) is 3. The second-order valence-electron chi connectivity index (χ2n) is 5.56. The number of carbonyl (C=O) groups is 1. The Labute approximate surface area is 120 Å². The van der Waals surface area contributed by atoms with Crippen molar-refractivity contribution in [3.8, 4) is 11.5 Å². The molecule has 0 aliphatic heterocycles. The molecule has 110 valence electrons. The highest BCUT2D eigenvalue weighted by atomic mass is 16.5. The number of ether oxygens (including phenoxy) is 2. The summed E-state index contributed by atoms with van der Waals surface area (Å²) in [5.74, 6) is 2.11. The molecule has 20 heavy (non-hydrogen) atoms. The van der Waals surface area contributed by atoms with Crippen molar-refractivity contribution < 1.29 is 14.3 Å². The molecule has 1 aromatic carbocycles. The maximum absolute atomic E-state index is 12.1. The zero-order valence-electron chi connectivity index (χ0n) is 12.4. The van der Waals surface area contributed by atoms with Gasteiger partial charge in [0.1, 0.15) is 11.5 Å². The molecule has 1 N–H and O–H groups in total. The third-order valence-electron chi connectivity index (χ3n) is 3.78. The summed E-state index contributed by atoms with van der Waals surface area (Å²) in [5.41, 5.74) is 0. The monoisotopic (exact) mass is 277 g/mol. The van der Waals surface area contributed by atoms with E-state index >= 15 is 0 Å².